The maximum absolute atomic E-state index is 12.9. The van der Waals surface area contributed by atoms with Gasteiger partial charge in [-0.05, 0) is 18.2 Å². The van der Waals surface area contributed by atoms with Crippen LogP contribution in [0.1, 0.15) is 11.4 Å². The van der Waals surface area contributed by atoms with Crippen molar-refractivity contribution in [2.45, 2.75) is 12.7 Å². The van der Waals surface area contributed by atoms with Crippen LogP contribution in [0.5, 0.6) is 5.75 Å². The zero-order valence-corrected chi connectivity index (χ0v) is 13.6. The summed E-state index contributed by atoms with van der Waals surface area (Å²) in [6.45, 7) is -0.00786. The highest BCUT2D eigenvalue weighted by Gasteiger charge is 2.31. The second kappa shape index (κ2) is 8.30. The smallest absolute Gasteiger partial charge is 0.416 e. The zero-order valence-electron chi connectivity index (χ0n) is 13.6. The van der Waals surface area contributed by atoms with Crippen LogP contribution in [-0.4, -0.2) is 41.0 Å². The van der Waals surface area contributed by atoms with E-state index in [1.165, 1.54) is 13.4 Å². The zero-order chi connectivity index (χ0) is 19.2. The molecule has 1 amide bonds. The third kappa shape index (κ3) is 5.18. The number of nitrogens with one attached hydrogen (secondary N) is 1. The fourth-order valence-corrected chi connectivity index (χ4v) is 1.92. The lowest BCUT2D eigenvalue weighted by atomic mass is 10.1. The number of benzene rings is 1. The predicted molar refractivity (Wildman–Crippen MR) is 82.2 cm³/mol. The Kier molecular flexibility index (Phi) is 6.13. The van der Waals surface area contributed by atoms with Crippen LogP contribution in [0.4, 0.5) is 18.9 Å². The van der Waals surface area contributed by atoms with Crippen molar-refractivity contribution >= 4 is 11.6 Å². The molecule has 1 N–H and O–H groups in total. The number of hydrogen-bond donors (Lipinski definition) is 1. The number of rotatable bonds is 7. The van der Waals surface area contributed by atoms with Crippen molar-refractivity contribution in [2.75, 3.05) is 25.6 Å². The maximum Gasteiger partial charge on any atom is 0.416 e. The minimum atomic E-state index is -4.57. The predicted octanol–water partition coefficient (Wildman–Crippen LogP) is 1.83. The van der Waals surface area contributed by atoms with Gasteiger partial charge >= 0.3 is 6.18 Å². The molecule has 138 valence electrons. The van der Waals surface area contributed by atoms with Gasteiger partial charge in [-0.2, -0.15) is 18.4 Å². The lowest BCUT2D eigenvalue weighted by Crippen LogP contribution is -2.20. The molecule has 0 saturated carbocycles. The second-order valence-electron chi connectivity index (χ2n) is 4.98. The van der Waals surface area contributed by atoms with Crippen LogP contribution in [0.15, 0.2) is 24.5 Å². The van der Waals surface area contributed by atoms with Gasteiger partial charge in [0, 0.05) is 7.11 Å². The largest absolute Gasteiger partial charge is 0.489 e. The van der Waals surface area contributed by atoms with E-state index in [9.17, 15) is 18.0 Å². The fourth-order valence-electron chi connectivity index (χ4n) is 1.92. The molecule has 2 aromatic rings. The van der Waals surface area contributed by atoms with Crippen LogP contribution in [-0.2, 0) is 22.3 Å². The summed E-state index contributed by atoms with van der Waals surface area (Å²) in [5, 5.41) is 14.7. The van der Waals surface area contributed by atoms with Gasteiger partial charge in [-0.25, -0.2) is 9.67 Å². The maximum atomic E-state index is 12.9. The van der Waals surface area contributed by atoms with Crippen molar-refractivity contribution in [1.29, 1.82) is 5.26 Å². The Bertz CT molecular complexity index is 814. The highest BCUT2D eigenvalue weighted by atomic mass is 19.4. The first-order valence-corrected chi connectivity index (χ1v) is 7.26. The van der Waals surface area contributed by atoms with Gasteiger partial charge < -0.3 is 14.8 Å². The Morgan fingerprint density at radius 1 is 1.38 bits per heavy atom. The average molecular weight is 369 g/mol. The van der Waals surface area contributed by atoms with Crippen molar-refractivity contribution in [1.82, 2.24) is 14.8 Å². The molecule has 1 aromatic carbocycles. The van der Waals surface area contributed by atoms with Gasteiger partial charge in [0.25, 0.3) is 5.82 Å². The molecule has 1 aromatic heterocycles. The molecule has 0 radical (unpaired) electrons. The minimum Gasteiger partial charge on any atom is -0.489 e. The van der Waals surface area contributed by atoms with Gasteiger partial charge in [0.1, 0.15) is 31.3 Å². The van der Waals surface area contributed by atoms with Crippen molar-refractivity contribution in [3.05, 3.63) is 35.9 Å². The summed E-state index contributed by atoms with van der Waals surface area (Å²) in [7, 11) is 1.45. The lowest BCUT2D eigenvalue weighted by molar-refractivity contribution is -0.137. The molecule has 0 aliphatic carbocycles. The van der Waals surface area contributed by atoms with Crippen molar-refractivity contribution in [2.24, 2.45) is 0 Å². The SMILES string of the molecule is COCCOc1ccc(C(F)(F)F)cc1NC(=O)Cn1cnc(C#N)n1. The first-order valence-electron chi connectivity index (χ1n) is 7.26. The number of carbonyl (C=O) groups excluding carboxylic acids is 1. The van der Waals surface area contributed by atoms with Gasteiger partial charge in [-0.1, -0.05) is 0 Å². The molecule has 0 unspecified atom stereocenters. The van der Waals surface area contributed by atoms with E-state index >= 15 is 0 Å². The molecule has 0 spiro atoms. The van der Waals surface area contributed by atoms with E-state index < -0.39 is 17.6 Å². The van der Waals surface area contributed by atoms with Gasteiger partial charge in [0.2, 0.25) is 5.91 Å². The molecule has 0 saturated heterocycles. The van der Waals surface area contributed by atoms with Crippen LogP contribution in [0, 0.1) is 11.3 Å². The van der Waals surface area contributed by atoms with Crippen LogP contribution < -0.4 is 10.1 Å². The first kappa shape index (κ1) is 19.2. The van der Waals surface area contributed by atoms with Crippen molar-refractivity contribution < 1.29 is 27.4 Å². The number of amides is 1. The monoisotopic (exact) mass is 369 g/mol. The highest BCUT2D eigenvalue weighted by molar-refractivity contribution is 5.92. The molecule has 0 bridgehead atoms. The summed E-state index contributed by atoms with van der Waals surface area (Å²) in [5.41, 5.74) is -1.07. The summed E-state index contributed by atoms with van der Waals surface area (Å²) in [6.07, 6.45) is -3.40. The number of halogens is 3. The Morgan fingerprint density at radius 2 is 2.15 bits per heavy atom. The van der Waals surface area contributed by atoms with E-state index in [1.807, 2.05) is 0 Å². The molecule has 11 heteroatoms. The topological polar surface area (TPSA) is 102 Å². The number of alkyl halides is 3. The number of ether oxygens (including phenoxy) is 2. The number of nitriles is 1. The summed E-state index contributed by atoms with van der Waals surface area (Å²) >= 11 is 0. The van der Waals surface area contributed by atoms with Gasteiger partial charge in [0.05, 0.1) is 17.9 Å². The molecular formula is C15H14F3N5O3. The Hall–Kier alpha value is -3.13. The summed E-state index contributed by atoms with van der Waals surface area (Å²) < 4.78 is 50.0. The number of hydrogen-bond acceptors (Lipinski definition) is 6. The number of nitrogens with zero attached hydrogens (tertiary/aromatic N) is 4. The van der Waals surface area contributed by atoms with E-state index in [1.54, 1.807) is 6.07 Å². The van der Waals surface area contributed by atoms with E-state index in [2.05, 4.69) is 15.4 Å². The van der Waals surface area contributed by atoms with Crippen molar-refractivity contribution in [3.63, 3.8) is 0 Å². The Balaban J connectivity index is 2.17. The summed E-state index contributed by atoms with van der Waals surface area (Å²) in [4.78, 5) is 15.7. The molecule has 0 aliphatic rings. The summed E-state index contributed by atoms with van der Waals surface area (Å²) in [5.74, 6) is -0.713. The third-order valence-corrected chi connectivity index (χ3v) is 3.07. The van der Waals surface area contributed by atoms with Gasteiger partial charge in [0.15, 0.2) is 0 Å². The molecule has 0 atom stereocenters. The molecule has 1 heterocycles. The van der Waals surface area contributed by atoms with Gasteiger partial charge in [-0.15, -0.1) is 5.10 Å². The molecule has 2 rings (SSSR count). The van der Waals surface area contributed by atoms with Crippen molar-refractivity contribution in [3.8, 4) is 11.8 Å². The highest BCUT2D eigenvalue weighted by Crippen LogP contribution is 2.35. The first-order chi connectivity index (χ1) is 12.3. The van der Waals surface area contributed by atoms with E-state index in [0.29, 0.717) is 0 Å². The normalized spacial score (nSPS) is 11.0. The fraction of sp³-hybridized carbons (Fsp3) is 0.333. The minimum absolute atomic E-state index is 0.0692. The lowest BCUT2D eigenvalue weighted by Gasteiger charge is -2.15. The number of aromatic nitrogens is 3. The van der Waals surface area contributed by atoms with Crippen LogP contribution in [0.2, 0.25) is 0 Å². The molecule has 8 nitrogen and oxygen atoms in total. The Morgan fingerprint density at radius 3 is 2.77 bits per heavy atom. The van der Waals surface area contributed by atoms with E-state index in [0.717, 1.165) is 22.9 Å². The van der Waals surface area contributed by atoms with Gasteiger partial charge in [-0.3, -0.25) is 4.79 Å². The third-order valence-electron chi connectivity index (χ3n) is 3.07. The molecule has 0 aliphatic heterocycles. The van der Waals surface area contributed by atoms with E-state index in [4.69, 9.17) is 14.7 Å². The van der Waals surface area contributed by atoms with E-state index in [-0.39, 0.29) is 37.0 Å². The van der Waals surface area contributed by atoms with Crippen LogP contribution in [0.25, 0.3) is 0 Å². The quantitative estimate of drug-likeness (QED) is 0.747. The molecular weight excluding hydrogens is 355 g/mol. The molecule has 26 heavy (non-hydrogen) atoms. The Labute approximate surface area is 146 Å². The average Bonchev–Trinajstić information content (AvgIpc) is 3.02. The van der Waals surface area contributed by atoms with Crippen LogP contribution in [0.3, 0.4) is 0 Å². The number of methoxy groups -OCH3 is 1. The molecule has 0 fully saturated rings. The second-order valence-corrected chi connectivity index (χ2v) is 4.98. The van der Waals surface area contributed by atoms with Crippen LogP contribution >= 0.6 is 0 Å². The number of carbonyl (C=O) groups is 1. The number of anilines is 1. The summed E-state index contributed by atoms with van der Waals surface area (Å²) in [6, 6.07) is 4.46. The standard InChI is InChI=1S/C15H14F3N5O3/c1-25-4-5-26-12-3-2-10(15(16,17)18)6-11(12)21-14(24)8-23-9-20-13(7-19)22-23/h2-3,6,9H,4-5,8H2,1H3,(H,21,24).